The molecule has 2 aromatic carbocycles. The molecule has 2 aliphatic rings. The fourth-order valence-electron chi connectivity index (χ4n) is 4.22. The number of carbonyl (C=O) groups excluding carboxylic acids is 3. The van der Waals surface area contributed by atoms with Gasteiger partial charge in [-0.2, -0.15) is 4.31 Å². The highest BCUT2D eigenvalue weighted by molar-refractivity contribution is 7.89. The third-order valence-corrected chi connectivity index (χ3v) is 8.28. The average Bonchev–Trinajstić information content (AvgIpc) is 2.94. The minimum absolute atomic E-state index is 0.0292. The van der Waals surface area contributed by atoms with Gasteiger partial charge in [-0.05, 0) is 49.4 Å². The molecular weight excluding hydrogens is 456 g/mol. The van der Waals surface area contributed by atoms with Crippen LogP contribution >= 0.6 is 0 Å². The van der Waals surface area contributed by atoms with Gasteiger partial charge in [-0.15, -0.1) is 0 Å². The van der Waals surface area contributed by atoms with Crippen molar-refractivity contribution < 1.29 is 27.5 Å². The van der Waals surface area contributed by atoms with E-state index in [4.69, 9.17) is 4.74 Å². The molecule has 1 saturated heterocycles. The van der Waals surface area contributed by atoms with E-state index in [0.717, 1.165) is 17.7 Å². The van der Waals surface area contributed by atoms with Gasteiger partial charge in [0, 0.05) is 18.7 Å². The van der Waals surface area contributed by atoms with Gasteiger partial charge in [-0.25, -0.2) is 8.42 Å². The van der Waals surface area contributed by atoms with Crippen LogP contribution in [0.5, 0.6) is 5.75 Å². The van der Waals surface area contributed by atoms with Crippen molar-refractivity contribution in [2.45, 2.75) is 44.1 Å². The van der Waals surface area contributed by atoms with Crippen molar-refractivity contribution in [3.8, 4) is 5.75 Å². The van der Waals surface area contributed by atoms with Crippen LogP contribution in [0, 0.1) is 5.92 Å². The number of amides is 2. The molecule has 0 saturated carbocycles. The van der Waals surface area contributed by atoms with Gasteiger partial charge in [-0.1, -0.05) is 38.1 Å². The Hall–Kier alpha value is -3.04. The molecule has 0 aliphatic carbocycles. The molecule has 2 aliphatic heterocycles. The molecule has 2 amide bonds. The number of rotatable bonds is 6. The molecular formula is C25H28N2O6S. The van der Waals surface area contributed by atoms with Crippen LogP contribution in [0.3, 0.4) is 0 Å². The van der Waals surface area contributed by atoms with E-state index in [1.807, 2.05) is 0 Å². The average molecular weight is 485 g/mol. The molecule has 2 heterocycles. The van der Waals surface area contributed by atoms with E-state index in [2.05, 4.69) is 6.92 Å². The molecule has 0 spiro atoms. The Balaban J connectivity index is 1.59. The summed E-state index contributed by atoms with van der Waals surface area (Å²) < 4.78 is 33.4. The number of para-hydroxylation sites is 1. The van der Waals surface area contributed by atoms with Crippen molar-refractivity contribution in [3.05, 3.63) is 59.7 Å². The molecule has 9 heteroatoms. The number of hydrogen-bond acceptors (Lipinski definition) is 6. The first-order valence-electron chi connectivity index (χ1n) is 11.5. The van der Waals surface area contributed by atoms with Crippen LogP contribution in [0.4, 0.5) is 0 Å². The van der Waals surface area contributed by atoms with Gasteiger partial charge < -0.3 is 4.74 Å². The highest BCUT2D eigenvalue weighted by Crippen LogP contribution is 2.27. The summed E-state index contributed by atoms with van der Waals surface area (Å²) in [6.45, 7) is 4.24. The van der Waals surface area contributed by atoms with Crippen LogP contribution < -0.4 is 4.74 Å². The minimum Gasteiger partial charge on any atom is -0.480 e. The van der Waals surface area contributed by atoms with Gasteiger partial charge >= 0.3 is 0 Å². The standard InChI is InChI=1S/C25H28N2O6S/c1-3-22-25(30)27(24(29)20-9-4-5-10-23(20)33-22)16-21(28)18-7-6-8-19(15-18)34(31,32)26-13-11-17(2)12-14-26/h4-10,15,17,22H,3,11-14,16H2,1-2H3. The zero-order valence-corrected chi connectivity index (χ0v) is 20.1. The lowest BCUT2D eigenvalue weighted by atomic mass is 10.0. The van der Waals surface area contributed by atoms with E-state index in [9.17, 15) is 22.8 Å². The molecule has 1 atom stereocenters. The normalized spacial score (nSPS) is 19.9. The summed E-state index contributed by atoms with van der Waals surface area (Å²) in [5.41, 5.74) is 0.328. The molecule has 34 heavy (non-hydrogen) atoms. The van der Waals surface area contributed by atoms with Gasteiger partial charge in [0.25, 0.3) is 11.8 Å². The van der Waals surface area contributed by atoms with Crippen LogP contribution in [0.15, 0.2) is 53.4 Å². The number of hydrogen-bond donors (Lipinski definition) is 0. The Bertz CT molecular complexity index is 1220. The summed E-state index contributed by atoms with van der Waals surface area (Å²) in [6.07, 6.45) is 1.01. The first-order valence-corrected chi connectivity index (χ1v) is 12.9. The summed E-state index contributed by atoms with van der Waals surface area (Å²) in [7, 11) is -3.74. The Labute approximate surface area is 199 Å². The minimum atomic E-state index is -3.74. The van der Waals surface area contributed by atoms with Crippen LogP contribution in [0.2, 0.25) is 0 Å². The molecule has 1 unspecified atom stereocenters. The SMILES string of the molecule is CCC1Oc2ccccc2C(=O)N(CC(=O)c2cccc(S(=O)(=O)N3CCC(C)CC3)c2)C1=O. The maximum Gasteiger partial charge on any atom is 0.270 e. The molecule has 4 rings (SSSR count). The Morgan fingerprint density at radius 2 is 1.76 bits per heavy atom. The molecule has 0 radical (unpaired) electrons. The van der Waals surface area contributed by atoms with Gasteiger partial charge in [0.05, 0.1) is 17.0 Å². The number of piperidine rings is 1. The predicted molar refractivity (Wildman–Crippen MR) is 125 cm³/mol. The van der Waals surface area contributed by atoms with Crippen LogP contribution in [-0.4, -0.2) is 61.0 Å². The summed E-state index contributed by atoms with van der Waals surface area (Å²) in [5, 5.41) is 0. The van der Waals surface area contributed by atoms with Crippen LogP contribution in [0.25, 0.3) is 0 Å². The van der Waals surface area contributed by atoms with Crippen molar-refractivity contribution >= 4 is 27.6 Å². The maximum atomic E-state index is 13.1. The van der Waals surface area contributed by atoms with E-state index in [-0.39, 0.29) is 16.0 Å². The Morgan fingerprint density at radius 1 is 1.06 bits per heavy atom. The third-order valence-electron chi connectivity index (χ3n) is 6.38. The summed E-state index contributed by atoms with van der Waals surface area (Å²) in [6, 6.07) is 12.3. The number of sulfonamides is 1. The van der Waals surface area contributed by atoms with Crippen LogP contribution in [0.1, 0.15) is 53.8 Å². The highest BCUT2D eigenvalue weighted by atomic mass is 32.2. The van der Waals surface area contributed by atoms with Crippen molar-refractivity contribution in [1.29, 1.82) is 0 Å². The van der Waals surface area contributed by atoms with E-state index >= 15 is 0 Å². The van der Waals surface area contributed by atoms with Gasteiger partial charge in [0.15, 0.2) is 11.9 Å². The maximum absolute atomic E-state index is 13.1. The molecule has 0 bridgehead atoms. The second-order valence-corrected chi connectivity index (χ2v) is 10.7. The number of Topliss-reactive ketones (excluding diaryl/α,β-unsaturated/α-hetero) is 1. The summed E-state index contributed by atoms with van der Waals surface area (Å²) in [5.74, 6) is -0.963. The van der Waals surface area contributed by atoms with E-state index in [1.54, 1.807) is 31.2 Å². The quantitative estimate of drug-likeness (QED) is 0.461. The summed E-state index contributed by atoms with van der Waals surface area (Å²) in [4.78, 5) is 40.2. The third kappa shape index (κ3) is 4.63. The largest absolute Gasteiger partial charge is 0.480 e. The van der Waals surface area contributed by atoms with Crippen molar-refractivity contribution in [2.75, 3.05) is 19.6 Å². The van der Waals surface area contributed by atoms with Crippen molar-refractivity contribution in [3.63, 3.8) is 0 Å². The van der Waals surface area contributed by atoms with Gasteiger partial charge in [0.1, 0.15) is 5.75 Å². The van der Waals surface area contributed by atoms with Crippen molar-refractivity contribution in [1.82, 2.24) is 9.21 Å². The topological polar surface area (TPSA) is 101 Å². The van der Waals surface area contributed by atoms with E-state index in [0.29, 0.717) is 31.2 Å². The molecule has 180 valence electrons. The lowest BCUT2D eigenvalue weighted by molar-refractivity contribution is -0.135. The number of carbonyl (C=O) groups is 3. The number of benzene rings is 2. The van der Waals surface area contributed by atoms with Crippen LogP contribution in [-0.2, 0) is 14.8 Å². The first-order chi connectivity index (χ1) is 16.2. The zero-order valence-electron chi connectivity index (χ0n) is 19.3. The van der Waals surface area contributed by atoms with Gasteiger partial charge in [-0.3, -0.25) is 19.3 Å². The lowest BCUT2D eigenvalue weighted by Crippen LogP contribution is -2.45. The van der Waals surface area contributed by atoms with E-state index < -0.39 is 40.3 Å². The fraction of sp³-hybridized carbons (Fsp3) is 0.400. The number of fused-ring (bicyclic) bond motifs is 1. The molecule has 0 aromatic heterocycles. The molecule has 2 aromatic rings. The zero-order chi connectivity index (χ0) is 24.5. The number of ketones is 1. The molecule has 1 fully saturated rings. The smallest absolute Gasteiger partial charge is 0.270 e. The first kappa shape index (κ1) is 24.1. The van der Waals surface area contributed by atoms with Crippen molar-refractivity contribution in [2.24, 2.45) is 5.92 Å². The predicted octanol–water partition coefficient (Wildman–Crippen LogP) is 3.13. The molecule has 8 nitrogen and oxygen atoms in total. The van der Waals surface area contributed by atoms with Gasteiger partial charge in [0.2, 0.25) is 10.0 Å². The summed E-state index contributed by atoms with van der Waals surface area (Å²) >= 11 is 0. The van der Waals surface area contributed by atoms with E-state index in [1.165, 1.54) is 28.6 Å². The molecule has 0 N–H and O–H groups in total. The number of nitrogens with zero attached hydrogens (tertiary/aromatic N) is 2. The fourth-order valence-corrected chi connectivity index (χ4v) is 5.73. The highest BCUT2D eigenvalue weighted by Gasteiger charge is 2.37. The number of ether oxygens (including phenoxy) is 1. The Morgan fingerprint density at radius 3 is 2.47 bits per heavy atom. The monoisotopic (exact) mass is 484 g/mol. The second kappa shape index (κ2) is 9.68. The Kier molecular flexibility index (Phi) is 6.86. The number of imide groups is 1. The lowest BCUT2D eigenvalue weighted by Gasteiger charge is -2.29. The second-order valence-electron chi connectivity index (χ2n) is 8.78.